The zero-order valence-corrected chi connectivity index (χ0v) is 10.7. The van der Waals surface area contributed by atoms with Crippen LogP contribution in [-0.4, -0.2) is 41.3 Å². The zero-order chi connectivity index (χ0) is 12.3. The Hall–Kier alpha value is -1.43. The maximum Gasteiger partial charge on any atom is 0.273 e. The van der Waals surface area contributed by atoms with Gasteiger partial charge in [-0.25, -0.2) is 4.98 Å². The van der Waals surface area contributed by atoms with Crippen molar-refractivity contribution in [2.24, 2.45) is 0 Å². The quantitative estimate of drug-likeness (QED) is 0.834. The van der Waals surface area contributed by atoms with Gasteiger partial charge < -0.3 is 10.2 Å². The Morgan fingerprint density at radius 2 is 2.29 bits per heavy atom. The molecule has 6 heteroatoms. The van der Waals surface area contributed by atoms with Crippen LogP contribution in [0.4, 0.5) is 0 Å². The van der Waals surface area contributed by atoms with E-state index >= 15 is 0 Å². The summed E-state index contributed by atoms with van der Waals surface area (Å²) in [4.78, 5) is 29.1. The molecule has 0 bridgehead atoms. The summed E-state index contributed by atoms with van der Waals surface area (Å²) in [6.45, 7) is 1.45. The van der Waals surface area contributed by atoms with Crippen molar-refractivity contribution >= 4 is 27.7 Å². The molecule has 1 aliphatic heterocycles. The molecule has 1 N–H and O–H groups in total. The van der Waals surface area contributed by atoms with Crippen LogP contribution in [0.2, 0.25) is 0 Å². The molecular formula is C11H12BrN3O2. The fraction of sp³-hybridized carbons (Fsp3) is 0.364. The normalized spacial score (nSPS) is 16.3. The van der Waals surface area contributed by atoms with E-state index in [4.69, 9.17) is 0 Å². The molecule has 2 rings (SSSR count). The van der Waals surface area contributed by atoms with Crippen molar-refractivity contribution in [3.63, 3.8) is 0 Å². The minimum atomic E-state index is -0.144. The molecule has 0 aliphatic carbocycles. The van der Waals surface area contributed by atoms with Crippen LogP contribution in [0.25, 0.3) is 0 Å². The van der Waals surface area contributed by atoms with Gasteiger partial charge >= 0.3 is 0 Å². The Balaban J connectivity index is 2.14. The average Bonchev–Trinajstić information content (AvgIpc) is 2.54. The molecule has 1 aromatic heterocycles. The molecule has 0 saturated carbocycles. The third-order valence-electron chi connectivity index (χ3n) is 2.56. The fourth-order valence-electron chi connectivity index (χ4n) is 1.66. The number of amides is 2. The molecule has 17 heavy (non-hydrogen) atoms. The van der Waals surface area contributed by atoms with Gasteiger partial charge in [0.25, 0.3) is 5.91 Å². The van der Waals surface area contributed by atoms with Crippen LogP contribution in [0.5, 0.6) is 0 Å². The summed E-state index contributed by atoms with van der Waals surface area (Å²) in [6, 6.07) is 3.54. The van der Waals surface area contributed by atoms with Gasteiger partial charge in [-0.2, -0.15) is 0 Å². The van der Waals surface area contributed by atoms with Crippen LogP contribution in [0.1, 0.15) is 16.9 Å². The minimum absolute atomic E-state index is 0.0135. The molecule has 2 amide bonds. The van der Waals surface area contributed by atoms with E-state index in [0.29, 0.717) is 36.2 Å². The molecule has 0 spiro atoms. The average molecular weight is 298 g/mol. The summed E-state index contributed by atoms with van der Waals surface area (Å²) in [5.41, 5.74) is 0.391. The number of pyridine rings is 1. The van der Waals surface area contributed by atoms with Gasteiger partial charge in [-0.05, 0) is 28.1 Å². The number of halogens is 1. The van der Waals surface area contributed by atoms with Crippen molar-refractivity contribution in [1.82, 2.24) is 15.2 Å². The first-order chi connectivity index (χ1) is 8.18. The Kier molecular flexibility index (Phi) is 3.73. The number of nitrogens with one attached hydrogen (secondary N) is 1. The van der Waals surface area contributed by atoms with Gasteiger partial charge in [0.05, 0.1) is 0 Å². The molecular weight excluding hydrogens is 286 g/mol. The van der Waals surface area contributed by atoms with Crippen molar-refractivity contribution < 1.29 is 9.59 Å². The third kappa shape index (κ3) is 2.82. The van der Waals surface area contributed by atoms with E-state index in [0.717, 1.165) is 0 Å². The Morgan fingerprint density at radius 1 is 1.47 bits per heavy atom. The van der Waals surface area contributed by atoms with E-state index in [1.165, 1.54) is 0 Å². The van der Waals surface area contributed by atoms with Gasteiger partial charge in [0.15, 0.2) is 0 Å². The lowest BCUT2D eigenvalue weighted by Crippen LogP contribution is -2.34. The van der Waals surface area contributed by atoms with E-state index in [2.05, 4.69) is 26.2 Å². The standard InChI is InChI=1S/C11H12BrN3O2/c12-8-2-1-4-14-10(8)11(17)15-6-3-9(16)13-5-7-15/h1-2,4H,3,5-7H2,(H,13,16). The molecule has 0 atom stereocenters. The topological polar surface area (TPSA) is 62.3 Å². The number of rotatable bonds is 1. The Morgan fingerprint density at radius 3 is 3.06 bits per heavy atom. The summed E-state index contributed by atoms with van der Waals surface area (Å²) in [6.07, 6.45) is 1.93. The second-order valence-corrected chi connectivity index (χ2v) is 4.58. The van der Waals surface area contributed by atoms with Gasteiger partial charge in [-0.1, -0.05) is 0 Å². The molecule has 90 valence electrons. The van der Waals surface area contributed by atoms with Crippen molar-refractivity contribution in [1.29, 1.82) is 0 Å². The van der Waals surface area contributed by atoms with Crippen molar-refractivity contribution in [2.45, 2.75) is 6.42 Å². The number of carbonyl (C=O) groups excluding carboxylic acids is 2. The van der Waals surface area contributed by atoms with E-state index in [9.17, 15) is 9.59 Å². The lowest BCUT2D eigenvalue weighted by Gasteiger charge is -2.19. The molecule has 0 unspecified atom stereocenters. The van der Waals surface area contributed by atoms with Crippen LogP contribution in [0, 0.1) is 0 Å². The maximum atomic E-state index is 12.2. The van der Waals surface area contributed by atoms with Gasteiger partial charge in [-0.15, -0.1) is 0 Å². The van der Waals surface area contributed by atoms with Gasteiger partial charge in [-0.3, -0.25) is 9.59 Å². The van der Waals surface area contributed by atoms with Crippen molar-refractivity contribution in [2.75, 3.05) is 19.6 Å². The summed E-state index contributed by atoms with van der Waals surface area (Å²) >= 11 is 3.30. The molecule has 1 aliphatic rings. The Labute approximate surface area is 107 Å². The molecule has 0 aromatic carbocycles. The van der Waals surface area contributed by atoms with Crippen LogP contribution < -0.4 is 5.32 Å². The Bertz CT molecular complexity index is 450. The number of aromatic nitrogens is 1. The van der Waals surface area contributed by atoms with Crippen LogP contribution >= 0.6 is 15.9 Å². The number of hydrogen-bond donors (Lipinski definition) is 1. The van der Waals surface area contributed by atoms with Crippen LogP contribution in [0.15, 0.2) is 22.8 Å². The fourth-order valence-corrected chi connectivity index (χ4v) is 2.09. The minimum Gasteiger partial charge on any atom is -0.354 e. The summed E-state index contributed by atoms with van der Waals surface area (Å²) in [5.74, 6) is -0.158. The highest BCUT2D eigenvalue weighted by molar-refractivity contribution is 9.10. The van der Waals surface area contributed by atoms with Crippen LogP contribution in [-0.2, 0) is 4.79 Å². The maximum absolute atomic E-state index is 12.2. The molecule has 5 nitrogen and oxygen atoms in total. The van der Waals surface area contributed by atoms with E-state index in [1.54, 1.807) is 23.2 Å². The lowest BCUT2D eigenvalue weighted by atomic mass is 10.3. The summed E-state index contributed by atoms with van der Waals surface area (Å²) in [5, 5.41) is 2.73. The largest absolute Gasteiger partial charge is 0.354 e. The SMILES string of the molecule is O=C1CCN(C(=O)c2ncccc2Br)CCN1. The third-order valence-corrected chi connectivity index (χ3v) is 3.20. The highest BCUT2D eigenvalue weighted by Gasteiger charge is 2.21. The zero-order valence-electron chi connectivity index (χ0n) is 9.15. The number of nitrogens with zero attached hydrogens (tertiary/aromatic N) is 2. The van der Waals surface area contributed by atoms with E-state index in [-0.39, 0.29) is 11.8 Å². The molecule has 1 fully saturated rings. The molecule has 0 radical (unpaired) electrons. The van der Waals surface area contributed by atoms with Gasteiger partial charge in [0.2, 0.25) is 5.91 Å². The first-order valence-electron chi connectivity index (χ1n) is 5.35. The summed E-state index contributed by atoms with van der Waals surface area (Å²) < 4.78 is 0.675. The first kappa shape index (κ1) is 12.0. The highest BCUT2D eigenvalue weighted by Crippen LogP contribution is 2.15. The first-order valence-corrected chi connectivity index (χ1v) is 6.14. The number of hydrogen-bond acceptors (Lipinski definition) is 3. The second kappa shape index (κ2) is 5.27. The summed E-state index contributed by atoms with van der Waals surface area (Å²) in [7, 11) is 0. The smallest absolute Gasteiger partial charge is 0.273 e. The molecule has 1 aromatic rings. The van der Waals surface area contributed by atoms with Crippen molar-refractivity contribution in [3.8, 4) is 0 Å². The van der Waals surface area contributed by atoms with Crippen molar-refractivity contribution in [3.05, 3.63) is 28.5 Å². The predicted octanol–water partition coefficient (Wildman–Crippen LogP) is 0.806. The van der Waals surface area contributed by atoms with E-state index < -0.39 is 0 Å². The second-order valence-electron chi connectivity index (χ2n) is 3.73. The molecule has 1 saturated heterocycles. The molecule has 2 heterocycles. The lowest BCUT2D eigenvalue weighted by molar-refractivity contribution is -0.120. The van der Waals surface area contributed by atoms with Gasteiger partial charge in [0, 0.05) is 36.7 Å². The monoisotopic (exact) mass is 297 g/mol. The van der Waals surface area contributed by atoms with E-state index in [1.807, 2.05) is 0 Å². The highest BCUT2D eigenvalue weighted by atomic mass is 79.9. The number of carbonyl (C=O) groups is 2. The van der Waals surface area contributed by atoms with Crippen LogP contribution in [0.3, 0.4) is 0 Å². The predicted molar refractivity (Wildman–Crippen MR) is 65.5 cm³/mol. The van der Waals surface area contributed by atoms with Gasteiger partial charge in [0.1, 0.15) is 5.69 Å².